The quantitative estimate of drug-likeness (QED) is 0.791. The average Bonchev–Trinajstić information content (AvgIpc) is 2.93. The predicted octanol–water partition coefficient (Wildman–Crippen LogP) is 1.75. The fourth-order valence-corrected chi connectivity index (χ4v) is 3.46. The van der Waals surface area contributed by atoms with E-state index in [0.717, 1.165) is 11.4 Å². The SMILES string of the molecule is CSCCC(NC(=O)C1CCC1C(=O)O)c1nnc2ccccn12. The second-order valence-corrected chi connectivity index (χ2v) is 6.94. The third kappa shape index (κ3) is 3.24. The zero-order valence-corrected chi connectivity index (χ0v) is 14.2. The van der Waals surface area contributed by atoms with E-state index in [0.29, 0.717) is 25.1 Å². The van der Waals surface area contributed by atoms with Gasteiger partial charge in [0.15, 0.2) is 11.5 Å². The van der Waals surface area contributed by atoms with Gasteiger partial charge in [0.1, 0.15) is 0 Å². The maximum Gasteiger partial charge on any atom is 0.307 e. The molecule has 1 aliphatic carbocycles. The van der Waals surface area contributed by atoms with Crippen LogP contribution in [-0.4, -0.2) is 43.6 Å². The van der Waals surface area contributed by atoms with Crippen LogP contribution in [0, 0.1) is 11.8 Å². The summed E-state index contributed by atoms with van der Waals surface area (Å²) in [5.41, 5.74) is 0.725. The third-order valence-electron chi connectivity index (χ3n) is 4.51. The predicted molar refractivity (Wildman–Crippen MR) is 90.7 cm³/mol. The minimum Gasteiger partial charge on any atom is -0.481 e. The van der Waals surface area contributed by atoms with Gasteiger partial charge in [0.05, 0.1) is 17.9 Å². The van der Waals surface area contributed by atoms with Crippen LogP contribution in [0.4, 0.5) is 0 Å². The van der Waals surface area contributed by atoms with Crippen molar-refractivity contribution >= 4 is 29.3 Å². The summed E-state index contributed by atoms with van der Waals surface area (Å²) in [5, 5.41) is 20.5. The molecule has 3 rings (SSSR count). The molecule has 3 atom stereocenters. The van der Waals surface area contributed by atoms with Crippen molar-refractivity contribution in [2.24, 2.45) is 11.8 Å². The highest BCUT2D eigenvalue weighted by molar-refractivity contribution is 7.98. The molecule has 0 radical (unpaired) electrons. The van der Waals surface area contributed by atoms with Crippen LogP contribution in [0.3, 0.4) is 0 Å². The van der Waals surface area contributed by atoms with Crippen LogP contribution in [0.1, 0.15) is 31.1 Å². The molecule has 0 aliphatic heterocycles. The van der Waals surface area contributed by atoms with Gasteiger partial charge in [0.2, 0.25) is 5.91 Å². The van der Waals surface area contributed by atoms with Crippen LogP contribution < -0.4 is 5.32 Å². The first kappa shape index (κ1) is 16.8. The number of nitrogens with zero attached hydrogens (tertiary/aromatic N) is 3. The molecule has 24 heavy (non-hydrogen) atoms. The molecule has 0 bridgehead atoms. The van der Waals surface area contributed by atoms with Crippen molar-refractivity contribution in [3.05, 3.63) is 30.2 Å². The highest BCUT2D eigenvalue weighted by Gasteiger charge is 2.42. The van der Waals surface area contributed by atoms with Crippen molar-refractivity contribution in [1.29, 1.82) is 0 Å². The number of carboxylic acids is 1. The van der Waals surface area contributed by atoms with Crippen LogP contribution in [-0.2, 0) is 9.59 Å². The van der Waals surface area contributed by atoms with Crippen molar-refractivity contribution < 1.29 is 14.7 Å². The molecule has 2 aromatic rings. The molecule has 0 spiro atoms. The molecular formula is C16H20N4O3S. The lowest BCUT2D eigenvalue weighted by Crippen LogP contribution is -2.45. The van der Waals surface area contributed by atoms with Crippen molar-refractivity contribution in [1.82, 2.24) is 19.9 Å². The minimum atomic E-state index is -0.894. The Morgan fingerprint density at radius 3 is 2.83 bits per heavy atom. The van der Waals surface area contributed by atoms with E-state index in [-0.39, 0.29) is 11.9 Å². The molecule has 128 valence electrons. The van der Waals surface area contributed by atoms with Gasteiger partial charge in [-0.15, -0.1) is 10.2 Å². The molecule has 1 fully saturated rings. The number of rotatable bonds is 7. The number of pyridine rings is 1. The fourth-order valence-electron chi connectivity index (χ4n) is 2.99. The largest absolute Gasteiger partial charge is 0.481 e. The highest BCUT2D eigenvalue weighted by Crippen LogP contribution is 2.35. The molecule has 2 aromatic heterocycles. The lowest BCUT2D eigenvalue weighted by Gasteiger charge is -2.33. The summed E-state index contributed by atoms with van der Waals surface area (Å²) in [6, 6.07) is 5.35. The number of aromatic nitrogens is 3. The molecule has 2 heterocycles. The number of nitrogens with one attached hydrogen (secondary N) is 1. The number of aliphatic carboxylic acids is 1. The van der Waals surface area contributed by atoms with Crippen molar-refractivity contribution in [2.75, 3.05) is 12.0 Å². The van der Waals surface area contributed by atoms with Crippen LogP contribution >= 0.6 is 11.8 Å². The maximum absolute atomic E-state index is 12.5. The summed E-state index contributed by atoms with van der Waals surface area (Å²) in [7, 11) is 0. The molecule has 7 nitrogen and oxygen atoms in total. The number of carbonyl (C=O) groups is 2. The monoisotopic (exact) mass is 348 g/mol. The van der Waals surface area contributed by atoms with E-state index in [1.807, 2.05) is 35.1 Å². The molecule has 8 heteroatoms. The van der Waals surface area contributed by atoms with E-state index in [1.165, 1.54) is 0 Å². The Hall–Kier alpha value is -2.09. The van der Waals surface area contributed by atoms with Crippen LogP contribution in [0.25, 0.3) is 5.65 Å². The number of thioether (sulfide) groups is 1. The van der Waals surface area contributed by atoms with Gasteiger partial charge >= 0.3 is 5.97 Å². The molecule has 2 N–H and O–H groups in total. The zero-order valence-electron chi connectivity index (χ0n) is 13.4. The molecule has 1 amide bonds. The minimum absolute atomic E-state index is 0.201. The second kappa shape index (κ2) is 7.21. The van der Waals surface area contributed by atoms with Gasteiger partial charge in [-0.25, -0.2) is 0 Å². The number of hydrogen-bond donors (Lipinski definition) is 2. The number of carboxylic acid groups (broad SMARTS) is 1. The average molecular weight is 348 g/mol. The molecular weight excluding hydrogens is 328 g/mol. The van der Waals surface area contributed by atoms with E-state index in [4.69, 9.17) is 5.11 Å². The van der Waals surface area contributed by atoms with E-state index in [1.54, 1.807) is 11.8 Å². The van der Waals surface area contributed by atoms with E-state index < -0.39 is 17.8 Å². The number of carbonyl (C=O) groups excluding carboxylic acids is 1. The van der Waals surface area contributed by atoms with Gasteiger partial charge in [0.25, 0.3) is 0 Å². The number of amides is 1. The Labute approximate surface area is 143 Å². The highest BCUT2D eigenvalue weighted by atomic mass is 32.2. The smallest absolute Gasteiger partial charge is 0.307 e. The molecule has 0 aromatic carbocycles. The summed E-state index contributed by atoms with van der Waals surface area (Å²) in [5.74, 6) is -0.568. The standard InChI is InChI=1S/C16H20N4O3S/c1-24-9-7-12(14-19-18-13-4-2-3-8-20(13)14)17-15(21)10-5-6-11(10)16(22)23/h2-4,8,10-12H,5-7,9H2,1H3,(H,17,21)(H,22,23). The Kier molecular flexibility index (Phi) is 5.03. The third-order valence-corrected chi connectivity index (χ3v) is 5.15. The van der Waals surface area contributed by atoms with Crippen LogP contribution in [0.2, 0.25) is 0 Å². The van der Waals surface area contributed by atoms with Crippen molar-refractivity contribution in [3.63, 3.8) is 0 Å². The number of hydrogen-bond acceptors (Lipinski definition) is 5. The molecule has 1 saturated carbocycles. The van der Waals surface area contributed by atoms with Crippen LogP contribution in [0.15, 0.2) is 24.4 Å². The lowest BCUT2D eigenvalue weighted by molar-refractivity contribution is -0.153. The molecule has 0 saturated heterocycles. The van der Waals surface area contributed by atoms with E-state index >= 15 is 0 Å². The summed E-state index contributed by atoms with van der Waals surface area (Å²) in [6.07, 6.45) is 5.78. The Balaban J connectivity index is 1.79. The van der Waals surface area contributed by atoms with Crippen LogP contribution in [0.5, 0.6) is 0 Å². The first-order valence-corrected chi connectivity index (χ1v) is 9.33. The summed E-state index contributed by atoms with van der Waals surface area (Å²) in [6.45, 7) is 0. The summed E-state index contributed by atoms with van der Waals surface area (Å²) in [4.78, 5) is 23.7. The second-order valence-electron chi connectivity index (χ2n) is 5.96. The topological polar surface area (TPSA) is 96.6 Å². The van der Waals surface area contributed by atoms with Gasteiger partial charge in [-0.1, -0.05) is 6.07 Å². The summed E-state index contributed by atoms with van der Waals surface area (Å²) >= 11 is 1.69. The first-order valence-electron chi connectivity index (χ1n) is 7.93. The van der Waals surface area contributed by atoms with Crippen molar-refractivity contribution in [2.45, 2.75) is 25.3 Å². The lowest BCUT2D eigenvalue weighted by atomic mass is 9.73. The zero-order chi connectivity index (χ0) is 17.1. The van der Waals surface area contributed by atoms with Gasteiger partial charge < -0.3 is 10.4 Å². The Bertz CT molecular complexity index is 748. The normalized spacial score (nSPS) is 21.2. The first-order chi connectivity index (χ1) is 11.6. The maximum atomic E-state index is 12.5. The van der Waals surface area contributed by atoms with Gasteiger partial charge in [-0.05, 0) is 43.4 Å². The fraction of sp³-hybridized carbons (Fsp3) is 0.500. The number of fused-ring (bicyclic) bond motifs is 1. The Morgan fingerprint density at radius 2 is 2.17 bits per heavy atom. The Morgan fingerprint density at radius 1 is 1.38 bits per heavy atom. The van der Waals surface area contributed by atoms with Gasteiger partial charge in [-0.3, -0.25) is 14.0 Å². The van der Waals surface area contributed by atoms with Gasteiger partial charge in [-0.2, -0.15) is 11.8 Å². The molecule has 1 aliphatic rings. The summed E-state index contributed by atoms with van der Waals surface area (Å²) < 4.78 is 1.86. The van der Waals surface area contributed by atoms with E-state index in [9.17, 15) is 9.59 Å². The molecule has 3 unspecified atom stereocenters. The van der Waals surface area contributed by atoms with Crippen molar-refractivity contribution in [3.8, 4) is 0 Å². The van der Waals surface area contributed by atoms with E-state index in [2.05, 4.69) is 15.5 Å². The van der Waals surface area contributed by atoms with Gasteiger partial charge in [0, 0.05) is 6.20 Å².